The smallest absolute Gasteiger partial charge is 0.338 e. The predicted molar refractivity (Wildman–Crippen MR) is 116 cm³/mol. The van der Waals surface area contributed by atoms with Gasteiger partial charge in [0.15, 0.2) is 0 Å². The van der Waals surface area contributed by atoms with Gasteiger partial charge in [-0.3, -0.25) is 0 Å². The van der Waals surface area contributed by atoms with E-state index in [2.05, 4.69) is 19.6 Å². The van der Waals surface area contributed by atoms with Crippen molar-refractivity contribution in [3.63, 3.8) is 0 Å². The zero-order valence-corrected chi connectivity index (χ0v) is 17.7. The molecule has 1 aromatic carbocycles. The Labute approximate surface area is 167 Å². The summed E-state index contributed by atoms with van der Waals surface area (Å²) in [6, 6.07) is 7.87. The molecule has 2 heteroatoms. The van der Waals surface area contributed by atoms with Crippen LogP contribution in [0.2, 0.25) is 0 Å². The van der Waals surface area contributed by atoms with Crippen LogP contribution in [0.4, 0.5) is 0 Å². The quantitative estimate of drug-likeness (QED) is 0.128. The van der Waals surface area contributed by atoms with Gasteiger partial charge >= 0.3 is 5.97 Å². The molecule has 27 heavy (non-hydrogen) atoms. The van der Waals surface area contributed by atoms with E-state index in [-0.39, 0.29) is 5.97 Å². The van der Waals surface area contributed by atoms with Crippen LogP contribution < -0.4 is 4.74 Å². The van der Waals surface area contributed by atoms with Gasteiger partial charge in [-0.15, -0.1) is 0 Å². The highest BCUT2D eigenvalue weighted by molar-refractivity contribution is 5.88. The van der Waals surface area contributed by atoms with Crippen LogP contribution in [0, 0.1) is 0 Å². The van der Waals surface area contributed by atoms with Crippen molar-refractivity contribution >= 4 is 5.97 Å². The lowest BCUT2D eigenvalue weighted by atomic mass is 10.0. The Morgan fingerprint density at radius 2 is 1.37 bits per heavy atom. The van der Waals surface area contributed by atoms with Gasteiger partial charge in [-0.25, -0.2) is 4.79 Å². The second-order valence-corrected chi connectivity index (χ2v) is 7.81. The maximum absolute atomic E-state index is 11.6. The average Bonchev–Trinajstić information content (AvgIpc) is 2.65. The van der Waals surface area contributed by atoms with Crippen LogP contribution >= 0.6 is 0 Å². The topological polar surface area (TPSA) is 26.3 Å². The molecule has 0 spiro atoms. The molecule has 1 rings (SSSR count). The van der Waals surface area contributed by atoms with E-state index >= 15 is 0 Å². The van der Waals surface area contributed by atoms with Crippen molar-refractivity contribution in [1.29, 1.82) is 0 Å². The van der Waals surface area contributed by atoms with Crippen LogP contribution in [0.1, 0.15) is 103 Å². The molecule has 152 valence electrons. The van der Waals surface area contributed by atoms with Gasteiger partial charge in [0.05, 0.1) is 0 Å². The molecule has 0 amide bonds. The first-order chi connectivity index (χ1) is 13.1. The van der Waals surface area contributed by atoms with Crippen LogP contribution in [0.25, 0.3) is 0 Å². The fraction of sp³-hybridized carbons (Fsp3) is 0.640. The lowest BCUT2D eigenvalue weighted by molar-refractivity contribution is -0.130. The molecule has 2 nitrogen and oxygen atoms in total. The minimum atomic E-state index is -0.354. The highest BCUT2D eigenvalue weighted by atomic mass is 16.5. The molecule has 0 saturated heterocycles. The molecule has 1 aromatic rings. The molecule has 0 N–H and O–H groups in total. The molecule has 0 aliphatic carbocycles. The van der Waals surface area contributed by atoms with E-state index in [9.17, 15) is 4.79 Å². The third kappa shape index (κ3) is 12.4. The molecule has 0 fully saturated rings. The van der Waals surface area contributed by atoms with Crippen molar-refractivity contribution in [2.45, 2.75) is 104 Å². The Bertz CT molecular complexity index is 533. The second-order valence-electron chi connectivity index (χ2n) is 7.81. The lowest BCUT2D eigenvalue weighted by Gasteiger charge is -2.07. The summed E-state index contributed by atoms with van der Waals surface area (Å²) in [5.74, 6) is 0.267. The number of hydrogen-bond acceptors (Lipinski definition) is 2. The number of ether oxygens (including phenoxy) is 1. The fourth-order valence-corrected chi connectivity index (χ4v) is 3.31. The Morgan fingerprint density at radius 3 is 1.89 bits per heavy atom. The summed E-state index contributed by atoms with van der Waals surface area (Å²) in [7, 11) is 0. The highest BCUT2D eigenvalue weighted by Gasteiger charge is 2.05. The number of aryl methyl sites for hydroxylation is 1. The average molecular weight is 373 g/mol. The molecule has 0 saturated carbocycles. The predicted octanol–water partition coefficient (Wildman–Crippen LogP) is 7.80. The Balaban J connectivity index is 2.01. The SMILES string of the molecule is C=C(C)C(=O)Oc1cccc(CCCCCCCCCCCCCCC)c1. The summed E-state index contributed by atoms with van der Waals surface area (Å²) >= 11 is 0. The highest BCUT2D eigenvalue weighted by Crippen LogP contribution is 2.17. The molecule has 0 heterocycles. The van der Waals surface area contributed by atoms with E-state index < -0.39 is 0 Å². The number of carbonyl (C=O) groups excluding carboxylic acids is 1. The van der Waals surface area contributed by atoms with Gasteiger partial charge in [0.1, 0.15) is 5.75 Å². The van der Waals surface area contributed by atoms with E-state index in [1.807, 2.05) is 18.2 Å². The first kappa shape index (κ1) is 23.5. The van der Waals surface area contributed by atoms with Crippen LogP contribution in [0.15, 0.2) is 36.4 Å². The normalized spacial score (nSPS) is 10.7. The van der Waals surface area contributed by atoms with Gasteiger partial charge in [-0.05, 0) is 37.5 Å². The second kappa shape index (κ2) is 15.5. The van der Waals surface area contributed by atoms with E-state index in [1.54, 1.807) is 6.92 Å². The van der Waals surface area contributed by atoms with Gasteiger partial charge in [-0.2, -0.15) is 0 Å². The molecule has 0 unspecified atom stereocenters. The third-order valence-electron chi connectivity index (χ3n) is 5.03. The minimum absolute atomic E-state index is 0.354. The number of unbranched alkanes of at least 4 members (excludes halogenated alkanes) is 12. The summed E-state index contributed by atoms with van der Waals surface area (Å²) < 4.78 is 5.30. The summed E-state index contributed by atoms with van der Waals surface area (Å²) in [5.41, 5.74) is 1.67. The number of esters is 1. The van der Waals surface area contributed by atoms with Crippen LogP contribution in [0.5, 0.6) is 5.75 Å². The maximum atomic E-state index is 11.6. The first-order valence-electron chi connectivity index (χ1n) is 11.1. The lowest BCUT2D eigenvalue weighted by Crippen LogP contribution is -2.08. The van der Waals surface area contributed by atoms with Crippen molar-refractivity contribution in [3.8, 4) is 5.75 Å². The molecule has 0 aromatic heterocycles. The van der Waals surface area contributed by atoms with Crippen LogP contribution in [-0.2, 0) is 11.2 Å². The van der Waals surface area contributed by atoms with Gasteiger partial charge in [-0.1, -0.05) is 103 Å². The number of rotatable bonds is 16. The summed E-state index contributed by atoms with van der Waals surface area (Å²) in [6.07, 6.45) is 18.9. The van der Waals surface area contributed by atoms with Gasteiger partial charge in [0.2, 0.25) is 0 Å². The number of hydrogen-bond donors (Lipinski definition) is 0. The first-order valence-corrected chi connectivity index (χ1v) is 11.1. The van der Waals surface area contributed by atoms with Crippen LogP contribution in [0.3, 0.4) is 0 Å². The minimum Gasteiger partial charge on any atom is -0.423 e. The number of benzene rings is 1. The van der Waals surface area contributed by atoms with E-state index in [0.29, 0.717) is 11.3 Å². The summed E-state index contributed by atoms with van der Waals surface area (Å²) in [5, 5.41) is 0. The molecular weight excluding hydrogens is 332 g/mol. The van der Waals surface area contributed by atoms with E-state index in [0.717, 1.165) is 6.42 Å². The zero-order chi connectivity index (χ0) is 19.7. The Hall–Kier alpha value is -1.57. The van der Waals surface area contributed by atoms with Crippen molar-refractivity contribution in [3.05, 3.63) is 42.0 Å². The van der Waals surface area contributed by atoms with Crippen molar-refractivity contribution in [1.82, 2.24) is 0 Å². The monoisotopic (exact) mass is 372 g/mol. The maximum Gasteiger partial charge on any atom is 0.338 e. The molecular formula is C25H40O2. The Morgan fingerprint density at radius 1 is 0.852 bits per heavy atom. The van der Waals surface area contributed by atoms with Crippen molar-refractivity contribution in [2.24, 2.45) is 0 Å². The van der Waals surface area contributed by atoms with Crippen molar-refractivity contribution in [2.75, 3.05) is 0 Å². The molecule has 0 aliphatic heterocycles. The van der Waals surface area contributed by atoms with Crippen molar-refractivity contribution < 1.29 is 9.53 Å². The zero-order valence-electron chi connectivity index (χ0n) is 17.7. The van der Waals surface area contributed by atoms with Gasteiger partial charge in [0, 0.05) is 5.57 Å². The van der Waals surface area contributed by atoms with E-state index in [4.69, 9.17) is 4.74 Å². The standard InChI is InChI=1S/C25H40O2/c1-4-5-6-7-8-9-10-11-12-13-14-15-16-18-23-19-17-20-24(21-23)27-25(26)22(2)3/h17,19-21H,2,4-16,18H2,1,3H3. The Kier molecular flexibility index (Phi) is 13.5. The third-order valence-corrected chi connectivity index (χ3v) is 5.03. The molecule has 0 bridgehead atoms. The van der Waals surface area contributed by atoms with Crippen LogP contribution in [-0.4, -0.2) is 5.97 Å². The summed E-state index contributed by atoms with van der Waals surface area (Å²) in [6.45, 7) is 7.56. The largest absolute Gasteiger partial charge is 0.423 e. The number of carbonyl (C=O) groups is 1. The molecule has 0 aliphatic rings. The van der Waals surface area contributed by atoms with E-state index in [1.165, 1.54) is 89.0 Å². The fourth-order valence-electron chi connectivity index (χ4n) is 3.31. The molecule has 0 radical (unpaired) electrons. The van der Waals surface area contributed by atoms with Gasteiger partial charge in [0.25, 0.3) is 0 Å². The van der Waals surface area contributed by atoms with Gasteiger partial charge < -0.3 is 4.74 Å². The molecule has 0 atom stereocenters. The summed E-state index contributed by atoms with van der Waals surface area (Å²) in [4.78, 5) is 11.6.